The fourth-order valence-electron chi connectivity index (χ4n) is 3.84. The first-order valence-electron chi connectivity index (χ1n) is 11.0. The second-order valence-electron chi connectivity index (χ2n) is 9.37. The monoisotopic (exact) mass is 436 g/mol. The number of ether oxygens (including phenoxy) is 1. The third kappa shape index (κ3) is 5.07. The largest absolute Gasteiger partial charge is 0.507 e. The van der Waals surface area contributed by atoms with Crippen LogP contribution in [-0.2, 0) is 19.7 Å². The molecule has 1 aromatic carbocycles. The maximum atomic E-state index is 13.0. The summed E-state index contributed by atoms with van der Waals surface area (Å²) in [5.41, 5.74) is 2.48. The van der Waals surface area contributed by atoms with Gasteiger partial charge in [0.2, 0.25) is 0 Å². The highest BCUT2D eigenvalue weighted by Crippen LogP contribution is 2.40. The number of rotatable bonds is 7. The van der Waals surface area contributed by atoms with Gasteiger partial charge < -0.3 is 14.7 Å². The van der Waals surface area contributed by atoms with Crippen molar-refractivity contribution in [3.8, 4) is 0 Å². The molecule has 1 aliphatic heterocycles. The molecule has 1 saturated heterocycles. The number of likely N-dealkylation sites (tertiary alicyclic amines) is 1. The van der Waals surface area contributed by atoms with Gasteiger partial charge >= 0.3 is 0 Å². The molecule has 1 amide bonds. The quantitative estimate of drug-likeness (QED) is 0.297. The molecule has 1 atom stereocenters. The van der Waals surface area contributed by atoms with E-state index in [2.05, 4.69) is 25.8 Å². The van der Waals surface area contributed by atoms with Crippen LogP contribution in [0.4, 0.5) is 0 Å². The first-order valence-corrected chi connectivity index (χ1v) is 11.0. The van der Waals surface area contributed by atoms with Gasteiger partial charge in [0.1, 0.15) is 5.76 Å². The Hall–Kier alpha value is -2.99. The second kappa shape index (κ2) is 9.65. The van der Waals surface area contributed by atoms with E-state index in [4.69, 9.17) is 4.74 Å². The molecular weight excluding hydrogens is 404 g/mol. The molecule has 170 valence electrons. The lowest BCUT2D eigenvalue weighted by Crippen LogP contribution is -2.31. The van der Waals surface area contributed by atoms with Gasteiger partial charge in [0.05, 0.1) is 17.7 Å². The van der Waals surface area contributed by atoms with Crippen molar-refractivity contribution in [2.24, 2.45) is 0 Å². The first-order chi connectivity index (χ1) is 15.1. The minimum absolute atomic E-state index is 0.0223. The van der Waals surface area contributed by atoms with Gasteiger partial charge in [0.25, 0.3) is 11.7 Å². The minimum atomic E-state index is -0.672. The molecule has 1 fully saturated rings. The lowest BCUT2D eigenvalue weighted by molar-refractivity contribution is -0.140. The van der Waals surface area contributed by atoms with Gasteiger partial charge in [-0.15, -0.1) is 0 Å². The molecule has 1 N–H and O–H groups in total. The van der Waals surface area contributed by atoms with Gasteiger partial charge in [-0.3, -0.25) is 14.6 Å². The molecule has 32 heavy (non-hydrogen) atoms. The van der Waals surface area contributed by atoms with E-state index >= 15 is 0 Å². The van der Waals surface area contributed by atoms with E-state index in [1.165, 1.54) is 0 Å². The summed E-state index contributed by atoms with van der Waals surface area (Å²) in [6.07, 6.45) is 3.78. The summed E-state index contributed by atoms with van der Waals surface area (Å²) in [5.74, 6) is -1.46. The first kappa shape index (κ1) is 23.7. The Bertz CT molecular complexity index is 989. The van der Waals surface area contributed by atoms with Crippen molar-refractivity contribution in [3.63, 3.8) is 0 Å². The number of carbonyl (C=O) groups is 2. The molecule has 2 aromatic rings. The van der Waals surface area contributed by atoms with Crippen molar-refractivity contribution >= 4 is 17.4 Å². The Morgan fingerprint density at radius 3 is 2.28 bits per heavy atom. The van der Waals surface area contributed by atoms with E-state index in [0.717, 1.165) is 11.1 Å². The third-order valence-corrected chi connectivity index (χ3v) is 5.58. The number of Topliss-reactive ketones (excluding diaryl/α,β-unsaturated/α-hetero) is 1. The van der Waals surface area contributed by atoms with E-state index in [-0.39, 0.29) is 22.9 Å². The Kier molecular flexibility index (Phi) is 7.14. The number of pyridine rings is 1. The highest BCUT2D eigenvalue weighted by atomic mass is 16.5. The van der Waals surface area contributed by atoms with Gasteiger partial charge in [-0.05, 0) is 48.9 Å². The topological polar surface area (TPSA) is 79.7 Å². The van der Waals surface area contributed by atoms with Crippen molar-refractivity contribution in [2.45, 2.75) is 58.6 Å². The Balaban J connectivity index is 2.03. The van der Waals surface area contributed by atoms with Crippen molar-refractivity contribution in [2.75, 3.05) is 13.2 Å². The molecule has 0 aliphatic carbocycles. The molecule has 6 heteroatoms. The van der Waals surface area contributed by atoms with Crippen LogP contribution in [0.25, 0.3) is 5.76 Å². The van der Waals surface area contributed by atoms with Gasteiger partial charge in [0.15, 0.2) is 0 Å². The summed E-state index contributed by atoms with van der Waals surface area (Å²) in [6.45, 7) is 11.1. The van der Waals surface area contributed by atoms with E-state index in [9.17, 15) is 14.7 Å². The van der Waals surface area contributed by atoms with Crippen LogP contribution in [0.3, 0.4) is 0 Å². The zero-order valence-corrected chi connectivity index (χ0v) is 19.5. The van der Waals surface area contributed by atoms with Crippen molar-refractivity contribution in [1.82, 2.24) is 9.88 Å². The molecular formula is C26H32N2O4. The summed E-state index contributed by atoms with van der Waals surface area (Å²) >= 11 is 0. The number of hydrogen-bond acceptors (Lipinski definition) is 5. The number of aromatic nitrogens is 1. The summed E-state index contributed by atoms with van der Waals surface area (Å²) in [7, 11) is 0. The van der Waals surface area contributed by atoms with Crippen LogP contribution in [0, 0.1) is 0 Å². The number of hydrogen-bond donors (Lipinski definition) is 1. The van der Waals surface area contributed by atoms with Crippen molar-refractivity contribution < 1.29 is 19.4 Å². The molecule has 3 rings (SSSR count). The fourth-order valence-corrected chi connectivity index (χ4v) is 3.84. The zero-order valence-electron chi connectivity index (χ0n) is 19.5. The summed E-state index contributed by atoms with van der Waals surface area (Å²) < 4.78 is 5.61. The fraction of sp³-hybridized carbons (Fsp3) is 0.423. The van der Waals surface area contributed by atoms with Crippen LogP contribution in [0.1, 0.15) is 63.8 Å². The zero-order chi connectivity index (χ0) is 23.5. The number of nitrogens with zero attached hydrogens (tertiary/aromatic N) is 2. The van der Waals surface area contributed by atoms with Crippen LogP contribution in [0.2, 0.25) is 0 Å². The molecule has 6 nitrogen and oxygen atoms in total. The summed E-state index contributed by atoms with van der Waals surface area (Å²) in [4.78, 5) is 31.5. The van der Waals surface area contributed by atoms with Crippen LogP contribution < -0.4 is 0 Å². The van der Waals surface area contributed by atoms with Crippen LogP contribution in [0.5, 0.6) is 0 Å². The molecule has 1 aromatic heterocycles. The van der Waals surface area contributed by atoms with Crippen LogP contribution in [-0.4, -0.2) is 45.9 Å². The second-order valence-corrected chi connectivity index (χ2v) is 9.37. The lowest BCUT2D eigenvalue weighted by atomic mass is 9.85. The normalized spacial score (nSPS) is 18.6. The number of ketones is 1. The van der Waals surface area contributed by atoms with Crippen molar-refractivity contribution in [3.05, 3.63) is 71.1 Å². The Morgan fingerprint density at radius 1 is 1.09 bits per heavy atom. The molecule has 0 radical (unpaired) electrons. The number of carbonyl (C=O) groups excluding carboxylic acids is 2. The number of benzene rings is 1. The summed E-state index contributed by atoms with van der Waals surface area (Å²) in [6, 6.07) is 10.5. The van der Waals surface area contributed by atoms with Crippen LogP contribution >= 0.6 is 0 Å². The maximum Gasteiger partial charge on any atom is 0.295 e. The highest BCUT2D eigenvalue weighted by Gasteiger charge is 2.45. The van der Waals surface area contributed by atoms with Gasteiger partial charge in [-0.25, -0.2) is 0 Å². The number of amides is 1. The Morgan fingerprint density at radius 2 is 1.72 bits per heavy atom. The molecule has 0 saturated carbocycles. The van der Waals surface area contributed by atoms with E-state index in [1.54, 1.807) is 29.4 Å². The molecule has 2 heterocycles. The number of aliphatic hydroxyl groups excluding tert-OH is 1. The van der Waals surface area contributed by atoms with Gasteiger partial charge in [0, 0.05) is 31.1 Å². The maximum absolute atomic E-state index is 13.0. The average molecular weight is 437 g/mol. The Labute approximate surface area is 189 Å². The molecule has 0 bridgehead atoms. The average Bonchev–Trinajstić information content (AvgIpc) is 3.01. The number of aliphatic hydroxyl groups is 1. The minimum Gasteiger partial charge on any atom is -0.507 e. The predicted octanol–water partition coefficient (Wildman–Crippen LogP) is 4.62. The van der Waals surface area contributed by atoms with E-state index in [1.807, 2.05) is 38.1 Å². The predicted molar refractivity (Wildman–Crippen MR) is 124 cm³/mol. The molecule has 1 unspecified atom stereocenters. The highest BCUT2D eigenvalue weighted by molar-refractivity contribution is 6.46. The van der Waals surface area contributed by atoms with Crippen LogP contribution in [0.15, 0.2) is 54.4 Å². The molecule has 1 aliphatic rings. The van der Waals surface area contributed by atoms with E-state index < -0.39 is 17.7 Å². The lowest BCUT2D eigenvalue weighted by Gasteiger charge is -2.26. The van der Waals surface area contributed by atoms with Gasteiger partial charge in [-0.2, -0.15) is 0 Å². The van der Waals surface area contributed by atoms with Crippen molar-refractivity contribution in [1.29, 1.82) is 0 Å². The van der Waals surface area contributed by atoms with E-state index in [0.29, 0.717) is 25.1 Å². The standard InChI is InChI=1S/C26H32N2O4/c1-17(2)32-16-6-15-28-22(18-7-9-20(10-8-18)26(3,4)5)21(24(30)25(28)31)23(29)19-11-13-27-14-12-19/h7-14,17,22,29H,6,15-16H2,1-5H3/b23-21-. The SMILES string of the molecule is CC(C)OCCCN1C(=O)C(=O)/C(=C(\O)c2ccncc2)C1c1ccc(C(C)(C)C)cc1. The van der Waals surface area contributed by atoms with Gasteiger partial charge in [-0.1, -0.05) is 45.0 Å². The summed E-state index contributed by atoms with van der Waals surface area (Å²) in [5, 5.41) is 11.0. The smallest absolute Gasteiger partial charge is 0.295 e. The third-order valence-electron chi connectivity index (χ3n) is 5.58. The molecule has 0 spiro atoms.